The van der Waals surface area contributed by atoms with Gasteiger partial charge >= 0.3 is 0 Å². The zero-order valence-electron chi connectivity index (χ0n) is 19.3. The van der Waals surface area contributed by atoms with Crippen molar-refractivity contribution in [1.82, 2.24) is 15.0 Å². The summed E-state index contributed by atoms with van der Waals surface area (Å²) in [6, 6.07) is 10.7. The Morgan fingerprint density at radius 3 is 2.32 bits per heavy atom. The highest BCUT2D eigenvalue weighted by Crippen LogP contribution is 2.27. The molecule has 0 spiro atoms. The minimum absolute atomic E-state index is 0.207. The van der Waals surface area contributed by atoms with E-state index in [1.54, 1.807) is 0 Å². The van der Waals surface area contributed by atoms with Gasteiger partial charge < -0.3 is 15.9 Å². The molecule has 0 amide bonds. The summed E-state index contributed by atoms with van der Waals surface area (Å²) in [5.74, 6) is 0.268. The van der Waals surface area contributed by atoms with Crippen LogP contribution in [0.2, 0.25) is 0 Å². The first-order valence-electron chi connectivity index (χ1n) is 12.0. The number of unbranched alkanes of at least 4 members (excludes halogenated alkanes) is 5. The lowest BCUT2D eigenvalue weighted by Crippen LogP contribution is -2.47. The molecule has 174 valence electrons. The summed E-state index contributed by atoms with van der Waals surface area (Å²) >= 11 is 0. The maximum atomic E-state index is 9.43. The molecule has 2 aromatic rings. The molecular formula is C25H42N4O2. The van der Waals surface area contributed by atoms with Gasteiger partial charge in [-0.1, -0.05) is 74.6 Å². The van der Waals surface area contributed by atoms with Crippen LogP contribution in [-0.4, -0.2) is 44.0 Å². The van der Waals surface area contributed by atoms with Gasteiger partial charge in [-0.2, -0.15) is 0 Å². The number of hydrogen-bond donors (Lipinski definition) is 3. The molecular weight excluding hydrogens is 388 g/mol. The highest BCUT2D eigenvalue weighted by Gasteiger charge is 2.25. The third-order valence-corrected chi connectivity index (χ3v) is 6.18. The maximum Gasteiger partial charge on any atom is 0.0857 e. The van der Waals surface area contributed by atoms with Gasteiger partial charge in [-0.25, -0.2) is 0 Å². The maximum absolute atomic E-state index is 9.43. The van der Waals surface area contributed by atoms with Crippen molar-refractivity contribution < 1.29 is 10.2 Å². The topological polar surface area (TPSA) is 97.2 Å². The predicted molar refractivity (Wildman–Crippen MR) is 126 cm³/mol. The molecule has 31 heavy (non-hydrogen) atoms. The number of nitrogens with zero attached hydrogens (tertiary/aromatic N) is 3. The van der Waals surface area contributed by atoms with E-state index in [1.807, 2.05) is 4.68 Å². The molecule has 0 radical (unpaired) electrons. The van der Waals surface area contributed by atoms with Gasteiger partial charge in [0.15, 0.2) is 0 Å². The molecule has 1 aromatic heterocycles. The third-order valence-electron chi connectivity index (χ3n) is 6.18. The summed E-state index contributed by atoms with van der Waals surface area (Å²) < 4.78 is 1.96. The molecule has 1 heterocycles. The fraction of sp³-hybridized carbons (Fsp3) is 0.680. The van der Waals surface area contributed by atoms with E-state index in [2.05, 4.69) is 53.8 Å². The highest BCUT2D eigenvalue weighted by molar-refractivity contribution is 5.14. The monoisotopic (exact) mass is 430 g/mol. The van der Waals surface area contributed by atoms with Crippen molar-refractivity contribution in [2.45, 2.75) is 95.6 Å². The Balaban J connectivity index is 1.64. The number of rotatable bonds is 17. The lowest BCUT2D eigenvalue weighted by atomic mass is 9.87. The van der Waals surface area contributed by atoms with Crippen molar-refractivity contribution in [2.75, 3.05) is 13.2 Å². The van der Waals surface area contributed by atoms with Crippen LogP contribution in [0.1, 0.15) is 88.3 Å². The second-order valence-electron chi connectivity index (χ2n) is 8.97. The summed E-state index contributed by atoms with van der Waals surface area (Å²) in [6.45, 7) is 2.65. The minimum atomic E-state index is -0.914. The zero-order valence-corrected chi connectivity index (χ0v) is 19.3. The summed E-state index contributed by atoms with van der Waals surface area (Å²) in [5.41, 5.74) is 7.56. The largest absolute Gasteiger partial charge is 0.394 e. The van der Waals surface area contributed by atoms with E-state index in [0.29, 0.717) is 6.42 Å². The molecule has 0 fully saturated rings. The molecule has 1 atom stereocenters. The van der Waals surface area contributed by atoms with E-state index in [4.69, 9.17) is 5.73 Å². The molecule has 2 rings (SSSR count). The van der Waals surface area contributed by atoms with Crippen molar-refractivity contribution in [3.05, 3.63) is 47.8 Å². The Kier molecular flexibility index (Phi) is 11.8. The first-order chi connectivity index (χ1) is 15.1. The molecule has 4 N–H and O–H groups in total. The van der Waals surface area contributed by atoms with Crippen molar-refractivity contribution in [3.63, 3.8) is 0 Å². The number of benzene rings is 1. The summed E-state index contributed by atoms with van der Waals surface area (Å²) in [4.78, 5) is 0. The number of aromatic nitrogens is 3. The first-order valence-corrected chi connectivity index (χ1v) is 12.0. The molecule has 6 nitrogen and oxygen atoms in total. The molecule has 0 aliphatic carbocycles. The summed E-state index contributed by atoms with van der Waals surface area (Å²) in [7, 11) is 0. The van der Waals surface area contributed by atoms with E-state index < -0.39 is 5.54 Å². The second kappa shape index (κ2) is 14.3. The van der Waals surface area contributed by atoms with Gasteiger partial charge in [0.1, 0.15) is 0 Å². The van der Waals surface area contributed by atoms with E-state index in [1.165, 1.54) is 44.1 Å². The molecule has 0 aliphatic heterocycles. The number of aliphatic hydroxyl groups is 2. The Morgan fingerprint density at radius 2 is 1.65 bits per heavy atom. The standard InChI is InChI=1S/C25H42N4O2/c1-2-12-23(16-17-25(26,20-30)21-31)24-19-29(28-27-24)18-11-6-4-3-5-8-13-22-14-9-7-10-15-22/h7,9-10,14-15,19,23,30-31H,2-6,8,11-13,16-18,20-21,26H2,1H3. The Bertz CT molecular complexity index is 701. The van der Waals surface area contributed by atoms with Gasteiger partial charge in [0.05, 0.1) is 24.4 Å². The second-order valence-corrected chi connectivity index (χ2v) is 8.97. The Labute approximate surface area is 187 Å². The van der Waals surface area contributed by atoms with Gasteiger partial charge in [0.2, 0.25) is 0 Å². The van der Waals surface area contributed by atoms with Crippen LogP contribution in [0.25, 0.3) is 0 Å². The van der Waals surface area contributed by atoms with Crippen LogP contribution in [-0.2, 0) is 13.0 Å². The molecule has 0 saturated heterocycles. The summed E-state index contributed by atoms with van der Waals surface area (Å²) in [6.07, 6.45) is 14.2. The van der Waals surface area contributed by atoms with Gasteiger partial charge in [-0.15, -0.1) is 5.10 Å². The van der Waals surface area contributed by atoms with E-state index in [-0.39, 0.29) is 19.1 Å². The lowest BCUT2D eigenvalue weighted by molar-refractivity contribution is 0.111. The van der Waals surface area contributed by atoms with Crippen LogP contribution < -0.4 is 5.73 Å². The molecule has 0 bridgehead atoms. The van der Waals surface area contributed by atoms with Crippen LogP contribution in [0.5, 0.6) is 0 Å². The zero-order chi connectivity index (χ0) is 22.4. The normalized spacial score (nSPS) is 12.9. The quantitative estimate of drug-likeness (QED) is 0.327. The molecule has 1 aromatic carbocycles. The first kappa shape index (κ1) is 25.5. The van der Waals surface area contributed by atoms with Gasteiger partial charge in [0, 0.05) is 18.7 Å². The number of aliphatic hydroxyl groups excluding tert-OH is 2. The van der Waals surface area contributed by atoms with Crippen LogP contribution in [0.4, 0.5) is 0 Å². The molecule has 1 unspecified atom stereocenters. The number of nitrogens with two attached hydrogens (primary N) is 1. The van der Waals surface area contributed by atoms with E-state index >= 15 is 0 Å². The van der Waals surface area contributed by atoms with Crippen LogP contribution in [0.15, 0.2) is 36.5 Å². The Morgan fingerprint density at radius 1 is 0.968 bits per heavy atom. The van der Waals surface area contributed by atoms with Crippen LogP contribution in [0, 0.1) is 0 Å². The fourth-order valence-corrected chi connectivity index (χ4v) is 4.02. The molecule has 6 heteroatoms. The van der Waals surface area contributed by atoms with Gasteiger partial charge in [-0.05, 0) is 44.1 Å². The molecule has 0 aliphatic rings. The van der Waals surface area contributed by atoms with Gasteiger partial charge in [0.25, 0.3) is 0 Å². The predicted octanol–water partition coefficient (Wildman–Crippen LogP) is 4.21. The molecule has 0 saturated carbocycles. The third kappa shape index (κ3) is 9.50. The number of hydrogen-bond acceptors (Lipinski definition) is 5. The van der Waals surface area contributed by atoms with Crippen molar-refractivity contribution in [3.8, 4) is 0 Å². The highest BCUT2D eigenvalue weighted by atomic mass is 16.3. The van der Waals surface area contributed by atoms with Crippen LogP contribution in [0.3, 0.4) is 0 Å². The SMILES string of the molecule is CCCC(CCC(N)(CO)CO)c1cn(CCCCCCCCc2ccccc2)nn1. The Hall–Kier alpha value is -1.76. The lowest BCUT2D eigenvalue weighted by Gasteiger charge is -2.26. The van der Waals surface area contributed by atoms with Crippen molar-refractivity contribution in [1.29, 1.82) is 0 Å². The van der Waals surface area contributed by atoms with Crippen molar-refractivity contribution >= 4 is 0 Å². The minimum Gasteiger partial charge on any atom is -0.394 e. The van der Waals surface area contributed by atoms with E-state index in [0.717, 1.165) is 37.9 Å². The van der Waals surface area contributed by atoms with Crippen molar-refractivity contribution in [2.24, 2.45) is 5.73 Å². The van der Waals surface area contributed by atoms with Gasteiger partial charge in [-0.3, -0.25) is 4.68 Å². The fourth-order valence-electron chi connectivity index (χ4n) is 4.02. The van der Waals surface area contributed by atoms with E-state index in [9.17, 15) is 10.2 Å². The summed E-state index contributed by atoms with van der Waals surface area (Å²) in [5, 5.41) is 27.6. The van der Waals surface area contributed by atoms with Crippen LogP contribution >= 0.6 is 0 Å². The average Bonchev–Trinajstić information content (AvgIpc) is 3.27. The average molecular weight is 431 g/mol. The number of aryl methyl sites for hydroxylation is 2. The smallest absolute Gasteiger partial charge is 0.0857 e.